The highest BCUT2D eigenvalue weighted by atomic mass is 35.5. The Morgan fingerprint density at radius 2 is 2.14 bits per heavy atom. The number of carbonyl (C=O) groups excluding carboxylic acids is 1. The number of carbonyl (C=O) groups is 1. The highest BCUT2D eigenvalue weighted by molar-refractivity contribution is 6.31. The molecule has 1 rings (SSSR count). The average Bonchev–Trinajstić information content (AvgIpc) is 2.08. The van der Waals surface area contributed by atoms with Crippen molar-refractivity contribution in [2.75, 3.05) is 0 Å². The fraction of sp³-hybridized carbons (Fsp3) is 0. The quantitative estimate of drug-likeness (QED) is 0.603. The number of non-ortho nitro benzene ring substituents is 1. The van der Waals surface area contributed by atoms with E-state index in [1.165, 1.54) is 0 Å². The molecule has 0 aromatic heterocycles. The molecule has 1 aromatic carbocycles. The number of nitrogens with zero attached hydrogens (tertiary/aromatic N) is 1. The summed E-state index contributed by atoms with van der Waals surface area (Å²) >= 11 is 5.32. The van der Waals surface area contributed by atoms with Crippen molar-refractivity contribution in [3.8, 4) is 0 Å². The van der Waals surface area contributed by atoms with Crippen LogP contribution in [0, 0.1) is 15.9 Å². The van der Waals surface area contributed by atoms with E-state index in [4.69, 9.17) is 17.3 Å². The topological polar surface area (TPSA) is 86.2 Å². The molecule has 0 spiro atoms. The number of primary amides is 1. The van der Waals surface area contributed by atoms with Crippen LogP contribution in [0.2, 0.25) is 5.02 Å². The predicted molar refractivity (Wildman–Crippen MR) is 46.6 cm³/mol. The average molecular weight is 219 g/mol. The third-order valence-electron chi connectivity index (χ3n) is 1.49. The van der Waals surface area contributed by atoms with Gasteiger partial charge >= 0.3 is 0 Å². The Labute approximate surface area is 82.4 Å². The van der Waals surface area contributed by atoms with Gasteiger partial charge in [-0.05, 0) is 0 Å². The van der Waals surface area contributed by atoms with E-state index in [1.807, 2.05) is 0 Å². The molecular formula is C7H4ClFN2O3. The van der Waals surface area contributed by atoms with Crippen LogP contribution in [-0.4, -0.2) is 10.8 Å². The number of halogens is 2. The minimum absolute atomic E-state index is 0.481. The Balaban J connectivity index is 3.43. The van der Waals surface area contributed by atoms with Crippen LogP contribution < -0.4 is 5.73 Å². The minimum atomic E-state index is -1.10. The second-order valence-corrected chi connectivity index (χ2v) is 2.82. The fourth-order valence-corrected chi connectivity index (χ4v) is 1.07. The maximum atomic E-state index is 13.0. The summed E-state index contributed by atoms with van der Waals surface area (Å²) in [6, 6.07) is 1.55. The van der Waals surface area contributed by atoms with Crippen molar-refractivity contribution in [3.63, 3.8) is 0 Å². The molecule has 0 saturated heterocycles. The van der Waals surface area contributed by atoms with E-state index in [9.17, 15) is 19.3 Å². The van der Waals surface area contributed by atoms with E-state index in [0.29, 0.717) is 0 Å². The Bertz CT molecular complexity index is 422. The van der Waals surface area contributed by atoms with Crippen molar-refractivity contribution in [2.24, 2.45) is 5.73 Å². The lowest BCUT2D eigenvalue weighted by Gasteiger charge is -2.00. The zero-order valence-electron chi connectivity index (χ0n) is 6.66. The number of nitrogens with two attached hydrogens (primary N) is 1. The van der Waals surface area contributed by atoms with Crippen molar-refractivity contribution in [1.82, 2.24) is 0 Å². The second-order valence-electron chi connectivity index (χ2n) is 2.41. The summed E-state index contributed by atoms with van der Waals surface area (Å²) in [5, 5.41) is 9.81. The maximum Gasteiger partial charge on any atom is 0.271 e. The first-order chi connectivity index (χ1) is 6.43. The van der Waals surface area contributed by atoms with Gasteiger partial charge in [-0.2, -0.15) is 0 Å². The maximum absolute atomic E-state index is 13.0. The van der Waals surface area contributed by atoms with Crippen LogP contribution >= 0.6 is 11.6 Å². The van der Waals surface area contributed by atoms with Gasteiger partial charge in [-0.1, -0.05) is 11.6 Å². The van der Waals surface area contributed by atoms with E-state index < -0.39 is 32.9 Å². The smallest absolute Gasteiger partial charge is 0.271 e. The van der Waals surface area contributed by atoms with Gasteiger partial charge in [0.2, 0.25) is 0 Å². The number of benzene rings is 1. The summed E-state index contributed by atoms with van der Waals surface area (Å²) < 4.78 is 13.0. The van der Waals surface area contributed by atoms with E-state index in [2.05, 4.69) is 0 Å². The highest BCUT2D eigenvalue weighted by Gasteiger charge is 2.18. The van der Waals surface area contributed by atoms with Crippen molar-refractivity contribution < 1.29 is 14.1 Å². The second kappa shape index (κ2) is 3.59. The van der Waals surface area contributed by atoms with E-state index in [1.54, 1.807) is 0 Å². The summed E-state index contributed by atoms with van der Waals surface area (Å²) in [6.45, 7) is 0. The summed E-state index contributed by atoms with van der Waals surface area (Å²) in [6.07, 6.45) is 0. The van der Waals surface area contributed by atoms with Crippen LogP contribution in [0.1, 0.15) is 10.4 Å². The van der Waals surface area contributed by atoms with Gasteiger partial charge in [-0.15, -0.1) is 0 Å². The van der Waals surface area contributed by atoms with Gasteiger partial charge in [-0.3, -0.25) is 14.9 Å². The Morgan fingerprint density at radius 3 is 2.57 bits per heavy atom. The van der Waals surface area contributed by atoms with Crippen LogP contribution in [0.5, 0.6) is 0 Å². The van der Waals surface area contributed by atoms with Crippen LogP contribution in [0.15, 0.2) is 12.1 Å². The lowest BCUT2D eigenvalue weighted by atomic mass is 10.2. The first kappa shape index (κ1) is 10.4. The summed E-state index contributed by atoms with van der Waals surface area (Å²) in [5.74, 6) is -2.15. The largest absolute Gasteiger partial charge is 0.366 e. The molecule has 2 N–H and O–H groups in total. The lowest BCUT2D eigenvalue weighted by Crippen LogP contribution is -2.13. The van der Waals surface area contributed by atoms with Gasteiger partial charge in [-0.25, -0.2) is 4.39 Å². The van der Waals surface area contributed by atoms with Crippen molar-refractivity contribution in [3.05, 3.63) is 38.7 Å². The molecule has 74 valence electrons. The molecule has 0 fully saturated rings. The monoisotopic (exact) mass is 218 g/mol. The Hall–Kier alpha value is -1.69. The normalized spacial score (nSPS) is 9.86. The third kappa shape index (κ3) is 1.80. The van der Waals surface area contributed by atoms with Gasteiger partial charge in [0.05, 0.1) is 15.5 Å². The van der Waals surface area contributed by atoms with Crippen molar-refractivity contribution in [1.29, 1.82) is 0 Å². The molecule has 0 aliphatic rings. The SMILES string of the molecule is NC(=O)c1cc([N+](=O)[O-])cc(Cl)c1F. The number of amides is 1. The molecule has 0 aliphatic carbocycles. The van der Waals surface area contributed by atoms with E-state index in [-0.39, 0.29) is 0 Å². The predicted octanol–water partition coefficient (Wildman–Crippen LogP) is 1.49. The lowest BCUT2D eigenvalue weighted by molar-refractivity contribution is -0.384. The van der Waals surface area contributed by atoms with E-state index in [0.717, 1.165) is 12.1 Å². The standard InChI is InChI=1S/C7H4ClFN2O3/c8-5-2-3(11(13)14)1-4(6(5)9)7(10)12/h1-2H,(H2,10,12). The molecular weight excluding hydrogens is 215 g/mol. The van der Waals surface area contributed by atoms with Crippen LogP contribution in [0.25, 0.3) is 0 Å². The molecule has 0 unspecified atom stereocenters. The first-order valence-corrected chi connectivity index (χ1v) is 3.74. The summed E-state index contributed by atoms with van der Waals surface area (Å²) in [4.78, 5) is 20.2. The molecule has 0 heterocycles. The Kier molecular flexibility index (Phi) is 2.66. The van der Waals surface area contributed by atoms with Gasteiger partial charge in [0, 0.05) is 12.1 Å². The molecule has 1 aromatic rings. The van der Waals surface area contributed by atoms with Gasteiger partial charge in [0.1, 0.15) is 0 Å². The fourth-order valence-electron chi connectivity index (χ4n) is 0.859. The third-order valence-corrected chi connectivity index (χ3v) is 1.76. The van der Waals surface area contributed by atoms with Crippen molar-refractivity contribution >= 4 is 23.2 Å². The van der Waals surface area contributed by atoms with Gasteiger partial charge < -0.3 is 5.73 Å². The van der Waals surface area contributed by atoms with E-state index >= 15 is 0 Å². The molecule has 0 radical (unpaired) electrons. The van der Waals surface area contributed by atoms with Crippen LogP contribution in [-0.2, 0) is 0 Å². The zero-order chi connectivity index (χ0) is 10.9. The molecule has 0 atom stereocenters. The molecule has 14 heavy (non-hydrogen) atoms. The van der Waals surface area contributed by atoms with Crippen LogP contribution in [0.4, 0.5) is 10.1 Å². The Morgan fingerprint density at radius 1 is 1.57 bits per heavy atom. The number of hydrogen-bond acceptors (Lipinski definition) is 3. The van der Waals surface area contributed by atoms with Gasteiger partial charge in [0.25, 0.3) is 11.6 Å². The number of rotatable bonds is 2. The molecule has 5 nitrogen and oxygen atoms in total. The molecule has 0 bridgehead atoms. The zero-order valence-corrected chi connectivity index (χ0v) is 7.42. The molecule has 1 amide bonds. The first-order valence-electron chi connectivity index (χ1n) is 3.36. The molecule has 0 saturated carbocycles. The molecule has 7 heteroatoms. The highest BCUT2D eigenvalue weighted by Crippen LogP contribution is 2.24. The minimum Gasteiger partial charge on any atom is -0.366 e. The molecule has 0 aliphatic heterocycles. The summed E-state index contributed by atoms with van der Waals surface area (Å²) in [5.41, 5.74) is 3.72. The van der Waals surface area contributed by atoms with Gasteiger partial charge in [0.15, 0.2) is 5.82 Å². The summed E-state index contributed by atoms with van der Waals surface area (Å²) in [7, 11) is 0. The number of nitro groups is 1. The van der Waals surface area contributed by atoms with Crippen LogP contribution in [0.3, 0.4) is 0 Å². The number of hydrogen-bond donors (Lipinski definition) is 1. The number of nitro benzene ring substituents is 1. The van der Waals surface area contributed by atoms with Crippen molar-refractivity contribution in [2.45, 2.75) is 0 Å².